The number of carbonyl (C=O) groups excluding carboxylic acids is 1. The fourth-order valence-corrected chi connectivity index (χ4v) is 4.44. The molecular formula is C26H33Cl3N6O2. The van der Waals surface area contributed by atoms with Crippen LogP contribution >= 0.6 is 35.6 Å². The molecule has 0 spiro atoms. The molecule has 1 aliphatic rings. The zero-order valence-corrected chi connectivity index (χ0v) is 23.8. The van der Waals surface area contributed by atoms with E-state index in [-0.39, 0.29) is 18.3 Å². The Morgan fingerprint density at radius 2 is 1.86 bits per heavy atom. The number of nitrogens with zero attached hydrogens (tertiary/aromatic N) is 5. The molecule has 1 aromatic carbocycles. The fourth-order valence-electron chi connectivity index (χ4n) is 3.96. The first-order chi connectivity index (χ1) is 17.2. The SMILES string of the molecule is Cc1cc(NC(=O)c2cnc(N3CCN(C)CC3)c(Cl)c2)nn1Cc1cc(Cl)ccc1OCC(C)C.Cl. The Morgan fingerprint density at radius 1 is 1.14 bits per heavy atom. The highest BCUT2D eigenvalue weighted by Crippen LogP contribution is 2.27. The van der Waals surface area contributed by atoms with Crippen molar-refractivity contribution in [3.63, 3.8) is 0 Å². The van der Waals surface area contributed by atoms with E-state index in [4.69, 9.17) is 27.9 Å². The van der Waals surface area contributed by atoms with Crippen LogP contribution in [0.2, 0.25) is 10.0 Å². The lowest BCUT2D eigenvalue weighted by molar-refractivity contribution is 0.102. The number of hydrogen-bond acceptors (Lipinski definition) is 6. The number of hydrogen-bond donors (Lipinski definition) is 1. The summed E-state index contributed by atoms with van der Waals surface area (Å²) in [6, 6.07) is 9.06. The molecule has 0 unspecified atom stereocenters. The molecule has 200 valence electrons. The number of benzene rings is 1. The number of carbonyl (C=O) groups is 1. The molecule has 11 heteroatoms. The fraction of sp³-hybridized carbons (Fsp3) is 0.423. The first kappa shape index (κ1) is 29.0. The van der Waals surface area contributed by atoms with E-state index in [0.717, 1.165) is 43.2 Å². The van der Waals surface area contributed by atoms with Gasteiger partial charge >= 0.3 is 0 Å². The Bertz CT molecular complexity index is 1230. The largest absolute Gasteiger partial charge is 0.493 e. The number of piperazine rings is 1. The topological polar surface area (TPSA) is 75.5 Å². The van der Waals surface area contributed by atoms with Gasteiger partial charge in [0.2, 0.25) is 0 Å². The van der Waals surface area contributed by atoms with Crippen molar-refractivity contribution < 1.29 is 9.53 Å². The maximum atomic E-state index is 12.9. The summed E-state index contributed by atoms with van der Waals surface area (Å²) in [7, 11) is 2.09. The average molecular weight is 568 g/mol. The van der Waals surface area contributed by atoms with Crippen LogP contribution in [0.4, 0.5) is 11.6 Å². The van der Waals surface area contributed by atoms with Crippen molar-refractivity contribution in [3.05, 3.63) is 63.4 Å². The minimum Gasteiger partial charge on any atom is -0.493 e. The number of anilines is 2. The van der Waals surface area contributed by atoms with Gasteiger partial charge in [-0.1, -0.05) is 37.0 Å². The molecule has 3 heterocycles. The lowest BCUT2D eigenvalue weighted by Gasteiger charge is -2.33. The van der Waals surface area contributed by atoms with E-state index in [9.17, 15) is 4.79 Å². The van der Waals surface area contributed by atoms with Gasteiger partial charge in [-0.15, -0.1) is 12.4 Å². The maximum absolute atomic E-state index is 12.9. The first-order valence-electron chi connectivity index (χ1n) is 12.1. The van der Waals surface area contributed by atoms with Crippen LogP contribution in [0, 0.1) is 12.8 Å². The third-order valence-electron chi connectivity index (χ3n) is 6.02. The van der Waals surface area contributed by atoms with Gasteiger partial charge in [-0.2, -0.15) is 5.10 Å². The van der Waals surface area contributed by atoms with E-state index in [0.29, 0.717) is 46.3 Å². The van der Waals surface area contributed by atoms with Crippen LogP contribution in [-0.2, 0) is 6.54 Å². The van der Waals surface area contributed by atoms with Crippen LogP contribution in [0.3, 0.4) is 0 Å². The highest BCUT2D eigenvalue weighted by Gasteiger charge is 2.20. The van der Waals surface area contributed by atoms with Crippen LogP contribution in [0.25, 0.3) is 0 Å². The average Bonchev–Trinajstić information content (AvgIpc) is 3.17. The minimum atomic E-state index is -0.317. The van der Waals surface area contributed by atoms with Crippen LogP contribution < -0.4 is 15.0 Å². The predicted molar refractivity (Wildman–Crippen MR) is 152 cm³/mol. The number of likely N-dealkylation sites (N-methyl/N-ethyl adjacent to an activating group) is 1. The van der Waals surface area contributed by atoms with Crippen LogP contribution in [-0.4, -0.2) is 65.4 Å². The third-order valence-corrected chi connectivity index (χ3v) is 6.54. The molecule has 1 saturated heterocycles. The lowest BCUT2D eigenvalue weighted by Crippen LogP contribution is -2.45. The molecule has 2 aromatic heterocycles. The summed E-state index contributed by atoms with van der Waals surface area (Å²) in [5.41, 5.74) is 2.19. The monoisotopic (exact) mass is 566 g/mol. The van der Waals surface area contributed by atoms with Crippen molar-refractivity contribution in [1.29, 1.82) is 0 Å². The van der Waals surface area contributed by atoms with Crippen molar-refractivity contribution >= 4 is 53.2 Å². The standard InChI is InChI=1S/C26H32Cl2N6O2.ClH/c1-17(2)16-36-23-6-5-21(27)12-20(23)15-34-18(3)11-24(31-34)30-26(35)19-13-22(28)25(29-14-19)33-9-7-32(4)8-10-33;/h5-6,11-14,17H,7-10,15-16H2,1-4H3,(H,30,31,35);1H. The van der Waals surface area contributed by atoms with Gasteiger partial charge in [-0.25, -0.2) is 4.98 Å². The third kappa shape index (κ3) is 7.51. The molecule has 0 saturated carbocycles. The summed E-state index contributed by atoms with van der Waals surface area (Å²) < 4.78 is 7.78. The number of pyridine rings is 1. The van der Waals surface area contributed by atoms with E-state index >= 15 is 0 Å². The van der Waals surface area contributed by atoms with Crippen LogP contribution in [0.5, 0.6) is 5.75 Å². The van der Waals surface area contributed by atoms with Gasteiger partial charge in [0.25, 0.3) is 5.91 Å². The predicted octanol–water partition coefficient (Wildman–Crippen LogP) is 5.40. The van der Waals surface area contributed by atoms with Crippen molar-refractivity contribution in [2.24, 2.45) is 5.92 Å². The van der Waals surface area contributed by atoms with Gasteiger partial charge in [-0.3, -0.25) is 9.48 Å². The van der Waals surface area contributed by atoms with E-state index in [1.807, 2.05) is 35.9 Å². The van der Waals surface area contributed by atoms with Crippen LogP contribution in [0.15, 0.2) is 36.5 Å². The number of nitrogens with one attached hydrogen (secondary N) is 1. The van der Waals surface area contributed by atoms with E-state index in [1.54, 1.807) is 12.3 Å². The Hall–Kier alpha value is -2.52. The number of halogens is 3. The summed E-state index contributed by atoms with van der Waals surface area (Å²) in [5.74, 6) is 2.01. The van der Waals surface area contributed by atoms with E-state index in [2.05, 4.69) is 46.1 Å². The number of aromatic nitrogens is 3. The first-order valence-corrected chi connectivity index (χ1v) is 12.8. The van der Waals surface area contributed by atoms with Gasteiger partial charge in [0.05, 0.1) is 23.7 Å². The zero-order chi connectivity index (χ0) is 25.8. The van der Waals surface area contributed by atoms with Crippen molar-refractivity contribution in [2.45, 2.75) is 27.3 Å². The molecule has 1 amide bonds. The Morgan fingerprint density at radius 3 is 2.54 bits per heavy atom. The zero-order valence-electron chi connectivity index (χ0n) is 21.5. The quantitative estimate of drug-likeness (QED) is 0.393. The summed E-state index contributed by atoms with van der Waals surface area (Å²) in [6.07, 6.45) is 1.56. The smallest absolute Gasteiger partial charge is 0.258 e. The molecule has 0 radical (unpaired) electrons. The Kier molecular flexibility index (Phi) is 10.1. The Balaban J connectivity index is 0.00000380. The number of ether oxygens (including phenoxy) is 1. The summed E-state index contributed by atoms with van der Waals surface area (Å²) >= 11 is 12.7. The molecule has 1 fully saturated rings. The molecule has 1 N–H and O–H groups in total. The van der Waals surface area contributed by atoms with Gasteiger partial charge in [0.1, 0.15) is 11.6 Å². The second-order valence-corrected chi connectivity index (χ2v) is 10.4. The molecule has 3 aromatic rings. The summed E-state index contributed by atoms with van der Waals surface area (Å²) in [5, 5.41) is 8.52. The maximum Gasteiger partial charge on any atom is 0.258 e. The van der Waals surface area contributed by atoms with Crippen molar-refractivity contribution in [3.8, 4) is 5.75 Å². The number of amides is 1. The minimum absolute atomic E-state index is 0. The highest BCUT2D eigenvalue weighted by atomic mass is 35.5. The molecule has 0 bridgehead atoms. The lowest BCUT2D eigenvalue weighted by atomic mass is 10.2. The summed E-state index contributed by atoms with van der Waals surface area (Å²) in [4.78, 5) is 21.8. The molecule has 4 rings (SSSR count). The second-order valence-electron chi connectivity index (χ2n) is 9.56. The second kappa shape index (κ2) is 12.8. The van der Waals surface area contributed by atoms with Gasteiger partial charge in [0.15, 0.2) is 5.82 Å². The molecule has 1 aliphatic heterocycles. The summed E-state index contributed by atoms with van der Waals surface area (Å²) in [6.45, 7) is 10.8. The number of rotatable bonds is 8. The van der Waals surface area contributed by atoms with Crippen molar-refractivity contribution in [1.82, 2.24) is 19.7 Å². The van der Waals surface area contributed by atoms with Crippen LogP contribution in [0.1, 0.15) is 35.5 Å². The van der Waals surface area contributed by atoms with Gasteiger partial charge < -0.3 is 19.9 Å². The molecule has 8 nitrogen and oxygen atoms in total. The van der Waals surface area contributed by atoms with Gasteiger partial charge in [-0.05, 0) is 44.2 Å². The molecular weight excluding hydrogens is 535 g/mol. The molecule has 37 heavy (non-hydrogen) atoms. The van der Waals surface area contributed by atoms with E-state index < -0.39 is 0 Å². The number of aryl methyl sites for hydroxylation is 1. The highest BCUT2D eigenvalue weighted by molar-refractivity contribution is 6.33. The van der Waals surface area contributed by atoms with E-state index in [1.165, 1.54) is 0 Å². The molecule has 0 aliphatic carbocycles. The van der Waals surface area contributed by atoms with Gasteiger partial charge in [0, 0.05) is 54.7 Å². The molecule has 0 atom stereocenters. The van der Waals surface area contributed by atoms with Crippen molar-refractivity contribution in [2.75, 3.05) is 50.1 Å². The Labute approximate surface area is 234 Å². The normalized spacial score (nSPS) is 14.0.